The average molecular weight is 390 g/mol. The Hall–Kier alpha value is -3.30. The number of nitrogens with two attached hydrogens (primary N) is 1. The number of anilines is 3. The molecule has 3 aromatic rings. The number of aromatic nitrogens is 3. The molecule has 0 spiro atoms. The Morgan fingerprint density at radius 2 is 2.04 bits per heavy atom. The third-order valence-electron chi connectivity index (χ3n) is 4.80. The lowest BCUT2D eigenvalue weighted by atomic mass is 10.1. The zero-order valence-electron chi connectivity index (χ0n) is 14.9. The molecule has 0 saturated heterocycles. The topological polar surface area (TPSA) is 89.1 Å². The minimum atomic E-state index is -2.98. The Kier molecular flexibility index (Phi) is 4.33. The first-order chi connectivity index (χ1) is 13.3. The molecular formula is C18H17F3N6O. The first kappa shape index (κ1) is 18.1. The number of hydrogen-bond donors (Lipinski definition) is 2. The van der Waals surface area contributed by atoms with Crippen molar-refractivity contribution in [1.29, 1.82) is 0 Å². The van der Waals surface area contributed by atoms with Crippen LogP contribution < -0.4 is 11.1 Å². The van der Waals surface area contributed by atoms with E-state index < -0.39 is 17.8 Å². The first-order valence-corrected chi connectivity index (χ1v) is 8.57. The smallest absolute Gasteiger partial charge is 0.266 e. The maximum Gasteiger partial charge on any atom is 0.266 e. The van der Waals surface area contributed by atoms with E-state index in [0.717, 1.165) is 11.8 Å². The number of nitrogens with zero attached hydrogens (tertiary/aromatic N) is 4. The van der Waals surface area contributed by atoms with Crippen LogP contribution in [0.25, 0.3) is 10.8 Å². The van der Waals surface area contributed by atoms with E-state index in [1.54, 1.807) is 16.6 Å². The fourth-order valence-electron chi connectivity index (χ4n) is 3.19. The molecule has 0 unspecified atom stereocenters. The number of alkyl halides is 2. The highest BCUT2D eigenvalue weighted by Gasteiger charge is 2.21. The SMILES string of the molecule is CN1CCc2cc(Nc3cc4cc(C(F)F)c(F)c(N)c4cn3)nn2CC1=O. The summed E-state index contributed by atoms with van der Waals surface area (Å²) in [4.78, 5) is 17.8. The fourth-order valence-corrected chi connectivity index (χ4v) is 3.19. The molecule has 0 atom stereocenters. The van der Waals surface area contributed by atoms with Gasteiger partial charge in [0.2, 0.25) is 5.91 Å². The van der Waals surface area contributed by atoms with Crippen molar-refractivity contribution in [3.05, 3.63) is 41.5 Å². The van der Waals surface area contributed by atoms with Gasteiger partial charge in [-0.05, 0) is 17.5 Å². The minimum absolute atomic E-state index is 0.0331. The van der Waals surface area contributed by atoms with Gasteiger partial charge < -0.3 is 16.0 Å². The quantitative estimate of drug-likeness (QED) is 0.672. The lowest BCUT2D eigenvalue weighted by molar-refractivity contribution is -0.130. The lowest BCUT2D eigenvalue weighted by Crippen LogP contribution is -2.29. The van der Waals surface area contributed by atoms with Crippen LogP contribution in [0.15, 0.2) is 24.4 Å². The van der Waals surface area contributed by atoms with E-state index >= 15 is 0 Å². The number of benzene rings is 1. The largest absolute Gasteiger partial charge is 0.396 e. The van der Waals surface area contributed by atoms with Gasteiger partial charge >= 0.3 is 0 Å². The van der Waals surface area contributed by atoms with Crippen molar-refractivity contribution in [3.63, 3.8) is 0 Å². The van der Waals surface area contributed by atoms with E-state index in [1.807, 2.05) is 6.07 Å². The molecular weight excluding hydrogens is 373 g/mol. The molecule has 0 fully saturated rings. The summed E-state index contributed by atoms with van der Waals surface area (Å²) in [5.74, 6) is -0.342. The lowest BCUT2D eigenvalue weighted by Gasteiger charge is -2.12. The van der Waals surface area contributed by atoms with Gasteiger partial charge in [0.25, 0.3) is 6.43 Å². The minimum Gasteiger partial charge on any atom is -0.396 e. The van der Waals surface area contributed by atoms with Crippen LogP contribution in [0.2, 0.25) is 0 Å². The van der Waals surface area contributed by atoms with Crippen LogP contribution in [0.3, 0.4) is 0 Å². The standard InChI is InChI=1S/C18H17F3N6O/c1-26-3-2-10-6-14(25-27(10)8-15(26)28)24-13-5-9-4-11(18(20)21)16(19)17(22)12(9)7-23-13/h4-7,18H,2-3,8,22H2,1H3,(H,23,24,25). The van der Waals surface area contributed by atoms with Gasteiger partial charge in [0.1, 0.15) is 12.4 Å². The number of carbonyl (C=O) groups excluding carboxylic acids is 1. The highest BCUT2D eigenvalue weighted by molar-refractivity contribution is 5.94. The van der Waals surface area contributed by atoms with Gasteiger partial charge in [-0.1, -0.05) is 0 Å². The normalized spacial score (nSPS) is 14.5. The number of hydrogen-bond acceptors (Lipinski definition) is 5. The second-order valence-electron chi connectivity index (χ2n) is 6.65. The summed E-state index contributed by atoms with van der Waals surface area (Å²) < 4.78 is 41.7. The molecule has 2 aromatic heterocycles. The second-order valence-corrected chi connectivity index (χ2v) is 6.65. The van der Waals surface area contributed by atoms with E-state index in [2.05, 4.69) is 15.4 Å². The van der Waals surface area contributed by atoms with Gasteiger partial charge in [0.15, 0.2) is 11.6 Å². The van der Waals surface area contributed by atoms with Crippen LogP contribution in [0.1, 0.15) is 17.7 Å². The Labute approximate surface area is 157 Å². The number of halogens is 3. The van der Waals surface area contributed by atoms with Crippen molar-refractivity contribution in [1.82, 2.24) is 19.7 Å². The van der Waals surface area contributed by atoms with Gasteiger partial charge in [-0.25, -0.2) is 18.2 Å². The Bertz CT molecular complexity index is 1080. The van der Waals surface area contributed by atoms with E-state index in [-0.39, 0.29) is 23.5 Å². The van der Waals surface area contributed by atoms with Crippen LogP contribution in [-0.2, 0) is 17.8 Å². The predicted molar refractivity (Wildman–Crippen MR) is 97.9 cm³/mol. The molecule has 3 heterocycles. The van der Waals surface area contributed by atoms with Crippen molar-refractivity contribution in [2.45, 2.75) is 19.4 Å². The number of fused-ring (bicyclic) bond motifs is 2. The van der Waals surface area contributed by atoms with Crippen LogP contribution >= 0.6 is 0 Å². The summed E-state index contributed by atoms with van der Waals surface area (Å²) in [5.41, 5.74) is 5.43. The van der Waals surface area contributed by atoms with Gasteiger partial charge in [0.05, 0.1) is 11.3 Å². The fraction of sp³-hybridized carbons (Fsp3) is 0.278. The summed E-state index contributed by atoms with van der Waals surface area (Å²) in [5, 5.41) is 7.94. The number of carbonyl (C=O) groups is 1. The number of pyridine rings is 1. The van der Waals surface area contributed by atoms with Crippen molar-refractivity contribution in [2.24, 2.45) is 0 Å². The molecule has 1 aliphatic rings. The number of rotatable bonds is 3. The number of amides is 1. The molecule has 10 heteroatoms. The monoisotopic (exact) mass is 390 g/mol. The van der Waals surface area contributed by atoms with Crippen molar-refractivity contribution < 1.29 is 18.0 Å². The van der Waals surface area contributed by atoms with Crippen LogP contribution in [-0.4, -0.2) is 39.2 Å². The molecule has 0 radical (unpaired) electrons. The van der Waals surface area contributed by atoms with Crippen molar-refractivity contribution in [2.75, 3.05) is 24.6 Å². The van der Waals surface area contributed by atoms with Gasteiger partial charge in [-0.2, -0.15) is 5.10 Å². The maximum atomic E-state index is 14.0. The number of nitrogens with one attached hydrogen (secondary N) is 1. The van der Waals surface area contributed by atoms with Gasteiger partial charge in [0, 0.05) is 43.4 Å². The molecule has 146 valence electrons. The molecule has 3 N–H and O–H groups in total. The summed E-state index contributed by atoms with van der Waals surface area (Å²) in [6.07, 6.45) is -0.990. The van der Waals surface area contributed by atoms with Crippen molar-refractivity contribution >= 4 is 34.0 Å². The molecule has 1 aliphatic heterocycles. The van der Waals surface area contributed by atoms with Crippen molar-refractivity contribution in [3.8, 4) is 0 Å². The van der Waals surface area contributed by atoms with E-state index in [9.17, 15) is 18.0 Å². The number of likely N-dealkylation sites (N-methyl/N-ethyl adjacent to an activating group) is 1. The van der Waals surface area contributed by atoms with E-state index in [4.69, 9.17) is 5.73 Å². The van der Waals surface area contributed by atoms with E-state index in [0.29, 0.717) is 30.0 Å². The highest BCUT2D eigenvalue weighted by atomic mass is 19.3. The molecule has 28 heavy (non-hydrogen) atoms. The molecule has 1 aromatic carbocycles. The number of nitrogen functional groups attached to an aromatic ring is 1. The Balaban J connectivity index is 1.66. The molecule has 0 aliphatic carbocycles. The Morgan fingerprint density at radius 3 is 2.79 bits per heavy atom. The van der Waals surface area contributed by atoms with Crippen LogP contribution in [0, 0.1) is 5.82 Å². The predicted octanol–water partition coefficient (Wildman–Crippen LogP) is 2.85. The molecule has 7 nitrogen and oxygen atoms in total. The highest BCUT2D eigenvalue weighted by Crippen LogP contribution is 2.33. The zero-order valence-corrected chi connectivity index (χ0v) is 14.9. The third-order valence-corrected chi connectivity index (χ3v) is 4.80. The maximum absolute atomic E-state index is 14.0. The summed E-state index contributed by atoms with van der Waals surface area (Å²) in [6, 6.07) is 4.37. The van der Waals surface area contributed by atoms with Gasteiger partial charge in [-0.3, -0.25) is 9.48 Å². The summed E-state index contributed by atoms with van der Waals surface area (Å²) >= 11 is 0. The first-order valence-electron chi connectivity index (χ1n) is 8.57. The Morgan fingerprint density at radius 1 is 1.25 bits per heavy atom. The third kappa shape index (κ3) is 3.10. The molecule has 0 bridgehead atoms. The van der Waals surface area contributed by atoms with Crippen LogP contribution in [0.5, 0.6) is 0 Å². The summed E-state index contributed by atoms with van der Waals surface area (Å²) in [6.45, 7) is 0.742. The molecule has 0 saturated carbocycles. The van der Waals surface area contributed by atoms with E-state index in [1.165, 1.54) is 12.3 Å². The second kappa shape index (κ2) is 6.70. The molecule has 1 amide bonds. The summed E-state index contributed by atoms with van der Waals surface area (Å²) in [7, 11) is 1.75. The zero-order chi connectivity index (χ0) is 20.0. The molecule has 4 rings (SSSR count). The van der Waals surface area contributed by atoms with Gasteiger partial charge in [-0.15, -0.1) is 0 Å². The average Bonchev–Trinajstić information content (AvgIpc) is 2.97. The van der Waals surface area contributed by atoms with Crippen LogP contribution in [0.4, 0.5) is 30.5 Å².